The largest absolute Gasteiger partial charge is 0.493 e. The zero-order chi connectivity index (χ0) is 17.8. The molecule has 0 fully saturated rings. The van der Waals surface area contributed by atoms with Crippen LogP contribution in [0.1, 0.15) is 5.56 Å². The van der Waals surface area contributed by atoms with Crippen LogP contribution in [0.2, 0.25) is 0 Å². The van der Waals surface area contributed by atoms with Gasteiger partial charge in [-0.2, -0.15) is 14.9 Å². The molecule has 1 heterocycles. The number of benzene rings is 2. The predicted octanol–water partition coefficient (Wildman–Crippen LogP) is 3.65. The van der Waals surface area contributed by atoms with Crippen molar-refractivity contribution in [2.45, 2.75) is 0 Å². The fourth-order valence-electron chi connectivity index (χ4n) is 2.26. The van der Waals surface area contributed by atoms with E-state index in [0.29, 0.717) is 22.9 Å². The molecule has 0 bridgehead atoms. The number of nitrogens with one attached hydrogen (secondary N) is 1. The van der Waals surface area contributed by atoms with Crippen LogP contribution in [0.5, 0.6) is 11.5 Å². The lowest BCUT2D eigenvalue weighted by atomic mass is 10.2. The molecule has 0 saturated heterocycles. The summed E-state index contributed by atoms with van der Waals surface area (Å²) in [6, 6.07) is 11.7. The molecule has 0 saturated carbocycles. The summed E-state index contributed by atoms with van der Waals surface area (Å²) in [6.45, 7) is 0. The van der Waals surface area contributed by atoms with Crippen molar-refractivity contribution in [1.82, 2.24) is 14.9 Å². The van der Waals surface area contributed by atoms with Gasteiger partial charge < -0.3 is 9.47 Å². The lowest BCUT2D eigenvalue weighted by Gasteiger charge is -2.09. The molecule has 0 unspecified atom stereocenters. The van der Waals surface area contributed by atoms with E-state index in [1.807, 2.05) is 0 Å². The van der Waals surface area contributed by atoms with E-state index >= 15 is 0 Å². The Bertz CT molecular complexity index is 981. The summed E-state index contributed by atoms with van der Waals surface area (Å²) in [5.41, 5.74) is 1.07. The Kier molecular flexibility index (Phi) is 4.90. The molecule has 2 aromatic carbocycles. The first-order valence-corrected chi connectivity index (χ1v) is 7.73. The highest BCUT2D eigenvalue weighted by molar-refractivity contribution is 7.71. The highest BCUT2D eigenvalue weighted by atomic mass is 32.1. The van der Waals surface area contributed by atoms with Crippen molar-refractivity contribution in [2.75, 3.05) is 14.2 Å². The number of methoxy groups -OCH3 is 2. The van der Waals surface area contributed by atoms with Crippen LogP contribution in [0.3, 0.4) is 0 Å². The molecule has 0 aliphatic heterocycles. The Morgan fingerprint density at radius 3 is 2.64 bits per heavy atom. The Morgan fingerprint density at radius 2 is 1.92 bits per heavy atom. The van der Waals surface area contributed by atoms with Crippen molar-refractivity contribution in [3.8, 4) is 22.9 Å². The molecule has 3 rings (SSSR count). The third-order valence-corrected chi connectivity index (χ3v) is 3.77. The molecule has 1 aromatic heterocycles. The topological polar surface area (TPSA) is 64.4 Å². The first-order chi connectivity index (χ1) is 12.1. The number of rotatable bonds is 5. The zero-order valence-electron chi connectivity index (χ0n) is 13.6. The van der Waals surface area contributed by atoms with Crippen molar-refractivity contribution in [2.24, 2.45) is 5.10 Å². The molecule has 8 heteroatoms. The van der Waals surface area contributed by atoms with Crippen LogP contribution < -0.4 is 9.47 Å². The Morgan fingerprint density at radius 1 is 1.16 bits per heavy atom. The second-order valence-corrected chi connectivity index (χ2v) is 5.39. The van der Waals surface area contributed by atoms with Gasteiger partial charge in [0, 0.05) is 11.1 Å². The molecule has 0 aliphatic carbocycles. The summed E-state index contributed by atoms with van der Waals surface area (Å²) in [5.74, 6) is 1.26. The minimum atomic E-state index is -0.367. The number of nitrogens with zero attached hydrogens (tertiary/aromatic N) is 3. The monoisotopic (exact) mass is 358 g/mol. The van der Waals surface area contributed by atoms with Gasteiger partial charge in [-0.1, -0.05) is 18.2 Å². The lowest BCUT2D eigenvalue weighted by molar-refractivity contribution is 0.355. The lowest BCUT2D eigenvalue weighted by Crippen LogP contribution is -1.97. The Hall–Kier alpha value is -3.00. The number of ether oxygens (including phenoxy) is 2. The summed E-state index contributed by atoms with van der Waals surface area (Å²) >= 11 is 5.21. The minimum Gasteiger partial charge on any atom is -0.493 e. The molecule has 0 spiro atoms. The van der Waals surface area contributed by atoms with Gasteiger partial charge in [0.1, 0.15) is 5.82 Å². The summed E-state index contributed by atoms with van der Waals surface area (Å²) in [4.78, 5) is 0. The number of hydrogen-bond donors (Lipinski definition) is 1. The normalized spacial score (nSPS) is 11.0. The van der Waals surface area contributed by atoms with E-state index in [0.717, 1.165) is 5.56 Å². The minimum absolute atomic E-state index is 0.289. The van der Waals surface area contributed by atoms with Gasteiger partial charge in [0.2, 0.25) is 4.77 Å². The fraction of sp³-hybridized carbons (Fsp3) is 0.118. The first kappa shape index (κ1) is 16.8. The van der Waals surface area contributed by atoms with E-state index in [1.54, 1.807) is 50.6 Å². The fourth-order valence-corrected chi connectivity index (χ4v) is 2.44. The van der Waals surface area contributed by atoms with Crippen LogP contribution in [0.25, 0.3) is 11.4 Å². The molecular weight excluding hydrogens is 343 g/mol. The van der Waals surface area contributed by atoms with E-state index in [1.165, 1.54) is 17.0 Å². The molecule has 1 N–H and O–H groups in total. The molecule has 0 aliphatic rings. The van der Waals surface area contributed by atoms with Crippen molar-refractivity contribution in [1.29, 1.82) is 0 Å². The van der Waals surface area contributed by atoms with Crippen molar-refractivity contribution in [3.05, 3.63) is 58.6 Å². The average molecular weight is 358 g/mol. The first-order valence-electron chi connectivity index (χ1n) is 7.32. The van der Waals surface area contributed by atoms with E-state index < -0.39 is 0 Å². The molecule has 128 valence electrons. The van der Waals surface area contributed by atoms with E-state index in [-0.39, 0.29) is 10.6 Å². The maximum atomic E-state index is 13.7. The SMILES string of the molecule is COc1ccc(-c2n[nH]c(=S)n2N=Cc2ccccc2F)cc1OC. The number of aromatic nitrogens is 3. The highest BCUT2D eigenvalue weighted by Crippen LogP contribution is 2.31. The van der Waals surface area contributed by atoms with E-state index in [4.69, 9.17) is 21.7 Å². The third kappa shape index (κ3) is 3.43. The van der Waals surface area contributed by atoms with Gasteiger partial charge in [-0.05, 0) is 36.5 Å². The van der Waals surface area contributed by atoms with Crippen molar-refractivity contribution < 1.29 is 13.9 Å². The van der Waals surface area contributed by atoms with Crippen LogP contribution in [0.15, 0.2) is 47.6 Å². The molecule has 3 aromatic rings. The maximum Gasteiger partial charge on any atom is 0.216 e. The number of H-pyrrole nitrogens is 1. The van der Waals surface area contributed by atoms with Crippen LogP contribution in [0, 0.1) is 10.6 Å². The second-order valence-electron chi connectivity index (χ2n) is 5.00. The number of halogens is 1. The summed E-state index contributed by atoms with van der Waals surface area (Å²) in [7, 11) is 3.11. The maximum absolute atomic E-state index is 13.7. The molecule has 0 atom stereocenters. The van der Waals surface area contributed by atoms with Crippen LogP contribution in [-0.2, 0) is 0 Å². The average Bonchev–Trinajstić information content (AvgIpc) is 3.01. The number of hydrogen-bond acceptors (Lipinski definition) is 5. The molecular formula is C17H15FN4O2S. The van der Waals surface area contributed by atoms with Gasteiger partial charge >= 0.3 is 0 Å². The van der Waals surface area contributed by atoms with Gasteiger partial charge in [-0.3, -0.25) is 0 Å². The zero-order valence-corrected chi connectivity index (χ0v) is 14.4. The van der Waals surface area contributed by atoms with Crippen molar-refractivity contribution >= 4 is 18.4 Å². The quantitative estimate of drug-likeness (QED) is 0.559. The Labute approximate surface area is 148 Å². The predicted molar refractivity (Wildman–Crippen MR) is 95.3 cm³/mol. The molecule has 6 nitrogen and oxygen atoms in total. The summed E-state index contributed by atoms with van der Waals surface area (Å²) in [6.07, 6.45) is 1.39. The number of aromatic amines is 1. The third-order valence-electron chi connectivity index (χ3n) is 3.51. The molecule has 25 heavy (non-hydrogen) atoms. The van der Waals surface area contributed by atoms with Crippen LogP contribution >= 0.6 is 12.2 Å². The van der Waals surface area contributed by atoms with Crippen LogP contribution in [-0.4, -0.2) is 35.3 Å². The van der Waals surface area contributed by atoms with Crippen molar-refractivity contribution in [3.63, 3.8) is 0 Å². The van der Waals surface area contributed by atoms with E-state index in [2.05, 4.69) is 15.3 Å². The van der Waals surface area contributed by atoms with Gasteiger partial charge in [0.25, 0.3) is 0 Å². The summed E-state index contributed by atoms with van der Waals surface area (Å²) in [5, 5.41) is 11.1. The summed E-state index contributed by atoms with van der Waals surface area (Å²) < 4.78 is 26.0. The van der Waals surface area contributed by atoms with Gasteiger partial charge in [0.05, 0.1) is 20.4 Å². The van der Waals surface area contributed by atoms with Crippen LogP contribution in [0.4, 0.5) is 4.39 Å². The van der Waals surface area contributed by atoms with Gasteiger partial charge in [-0.15, -0.1) is 0 Å². The Balaban J connectivity index is 2.03. The molecule has 0 amide bonds. The highest BCUT2D eigenvalue weighted by Gasteiger charge is 2.12. The standard InChI is InChI=1S/C17H15FN4O2S/c1-23-14-8-7-11(9-15(14)24-2)16-20-21-17(25)22(16)19-10-12-5-3-4-6-13(12)18/h3-10H,1-2H3,(H,21,25). The van der Waals surface area contributed by atoms with E-state index in [9.17, 15) is 4.39 Å². The molecule has 0 radical (unpaired) electrons. The van der Waals surface area contributed by atoms with Gasteiger partial charge in [0.15, 0.2) is 17.3 Å². The van der Waals surface area contributed by atoms with Gasteiger partial charge in [-0.25, -0.2) is 9.49 Å². The second kappa shape index (κ2) is 7.27. The smallest absolute Gasteiger partial charge is 0.216 e.